The van der Waals surface area contributed by atoms with E-state index < -0.39 is 6.10 Å². The molecule has 0 aliphatic carbocycles. The zero-order chi connectivity index (χ0) is 13.1. The summed E-state index contributed by atoms with van der Waals surface area (Å²) in [5.41, 5.74) is 3.37. The van der Waals surface area contributed by atoms with Gasteiger partial charge in [0.25, 0.3) is 0 Å². The second kappa shape index (κ2) is 5.55. The number of pyridine rings is 1. The van der Waals surface area contributed by atoms with Crippen molar-refractivity contribution in [3.05, 3.63) is 53.2 Å². The number of benzene rings is 1. The van der Waals surface area contributed by atoms with Gasteiger partial charge in [0.05, 0.1) is 6.10 Å². The van der Waals surface area contributed by atoms with Crippen molar-refractivity contribution in [2.75, 3.05) is 0 Å². The van der Waals surface area contributed by atoms with E-state index >= 15 is 0 Å². The van der Waals surface area contributed by atoms with Gasteiger partial charge in [-0.2, -0.15) is 0 Å². The fraction of sp³-hybridized carbons (Fsp3) is 0.267. The van der Waals surface area contributed by atoms with E-state index in [1.807, 2.05) is 12.1 Å². The van der Waals surface area contributed by atoms with Gasteiger partial charge in [-0.1, -0.05) is 35.5 Å². The van der Waals surface area contributed by atoms with Gasteiger partial charge in [0.1, 0.15) is 5.03 Å². The molecule has 2 rings (SSSR count). The van der Waals surface area contributed by atoms with Crippen molar-refractivity contribution < 1.29 is 5.11 Å². The third-order valence-electron chi connectivity index (χ3n) is 2.79. The number of hydrogen-bond donors (Lipinski definition) is 1. The molecular formula is C15H17NOS. The van der Waals surface area contributed by atoms with Crippen molar-refractivity contribution in [2.24, 2.45) is 0 Å². The molecule has 1 aromatic heterocycles. The fourth-order valence-corrected chi connectivity index (χ4v) is 2.86. The normalized spacial score (nSPS) is 12.4. The van der Waals surface area contributed by atoms with Gasteiger partial charge < -0.3 is 5.11 Å². The highest BCUT2D eigenvalue weighted by Gasteiger charge is 2.11. The monoisotopic (exact) mass is 259 g/mol. The molecule has 0 aliphatic heterocycles. The predicted molar refractivity (Wildman–Crippen MR) is 74.9 cm³/mol. The maximum absolute atomic E-state index is 9.74. The average molecular weight is 259 g/mol. The minimum atomic E-state index is -0.494. The Kier molecular flexibility index (Phi) is 4.04. The molecule has 0 spiro atoms. The molecule has 1 aromatic carbocycles. The third kappa shape index (κ3) is 2.92. The van der Waals surface area contributed by atoms with E-state index in [9.17, 15) is 5.11 Å². The second-order valence-electron chi connectivity index (χ2n) is 4.44. The third-order valence-corrected chi connectivity index (χ3v) is 4.00. The lowest BCUT2D eigenvalue weighted by Gasteiger charge is -2.11. The van der Waals surface area contributed by atoms with Gasteiger partial charge in [-0.15, -0.1) is 0 Å². The smallest absolute Gasteiger partial charge is 0.107 e. The van der Waals surface area contributed by atoms with Crippen molar-refractivity contribution in [3.8, 4) is 0 Å². The van der Waals surface area contributed by atoms with E-state index in [2.05, 4.69) is 37.0 Å². The molecule has 0 aliphatic rings. The molecule has 1 heterocycles. The molecule has 0 radical (unpaired) electrons. The van der Waals surface area contributed by atoms with Gasteiger partial charge in [0.2, 0.25) is 0 Å². The quantitative estimate of drug-likeness (QED) is 0.907. The molecule has 3 heteroatoms. The zero-order valence-corrected chi connectivity index (χ0v) is 11.7. The molecule has 0 saturated heterocycles. The van der Waals surface area contributed by atoms with Crippen LogP contribution in [-0.4, -0.2) is 10.1 Å². The van der Waals surface area contributed by atoms with Crippen LogP contribution in [-0.2, 0) is 0 Å². The summed E-state index contributed by atoms with van der Waals surface area (Å²) < 4.78 is 0. The minimum absolute atomic E-state index is 0.494. The molecule has 2 aromatic rings. The van der Waals surface area contributed by atoms with Gasteiger partial charge in [0, 0.05) is 16.7 Å². The number of aliphatic hydroxyl groups excluding tert-OH is 1. The Morgan fingerprint density at radius 2 is 2.00 bits per heavy atom. The van der Waals surface area contributed by atoms with Crippen molar-refractivity contribution in [1.29, 1.82) is 0 Å². The van der Waals surface area contributed by atoms with Crippen molar-refractivity contribution >= 4 is 11.8 Å². The number of aryl methyl sites for hydroxylation is 2. The van der Waals surface area contributed by atoms with Crippen LogP contribution in [0.5, 0.6) is 0 Å². The SMILES string of the molecule is Cc1ccc(Sc2ncccc2C(C)O)c(C)c1. The maximum atomic E-state index is 9.74. The summed E-state index contributed by atoms with van der Waals surface area (Å²) in [4.78, 5) is 5.54. The van der Waals surface area contributed by atoms with E-state index in [1.165, 1.54) is 16.0 Å². The number of nitrogens with zero attached hydrogens (tertiary/aromatic N) is 1. The molecule has 18 heavy (non-hydrogen) atoms. The van der Waals surface area contributed by atoms with E-state index in [0.717, 1.165) is 10.6 Å². The highest BCUT2D eigenvalue weighted by molar-refractivity contribution is 7.99. The molecule has 94 valence electrons. The number of rotatable bonds is 3. The molecule has 2 nitrogen and oxygen atoms in total. The molecule has 0 amide bonds. The fourth-order valence-electron chi connectivity index (χ4n) is 1.82. The van der Waals surface area contributed by atoms with Crippen molar-refractivity contribution in [3.63, 3.8) is 0 Å². The zero-order valence-electron chi connectivity index (χ0n) is 10.8. The van der Waals surface area contributed by atoms with E-state index in [1.54, 1.807) is 24.9 Å². The molecule has 0 fully saturated rings. The van der Waals surface area contributed by atoms with E-state index in [-0.39, 0.29) is 0 Å². The van der Waals surface area contributed by atoms with Crippen molar-refractivity contribution in [2.45, 2.75) is 36.8 Å². The first kappa shape index (κ1) is 13.1. The predicted octanol–water partition coefficient (Wildman–Crippen LogP) is 3.90. The first-order chi connectivity index (χ1) is 8.58. The largest absolute Gasteiger partial charge is 0.389 e. The Labute approximate surface area is 112 Å². The topological polar surface area (TPSA) is 33.1 Å². The highest BCUT2D eigenvalue weighted by atomic mass is 32.2. The van der Waals surface area contributed by atoms with Gasteiger partial charge in [0.15, 0.2) is 0 Å². The van der Waals surface area contributed by atoms with Gasteiger partial charge in [-0.25, -0.2) is 4.98 Å². The lowest BCUT2D eigenvalue weighted by molar-refractivity contribution is 0.195. The van der Waals surface area contributed by atoms with Crippen LogP contribution in [0.2, 0.25) is 0 Å². The van der Waals surface area contributed by atoms with Gasteiger partial charge in [-0.05, 0) is 38.5 Å². The summed E-state index contributed by atoms with van der Waals surface area (Å²) in [6.45, 7) is 5.95. The Morgan fingerprint density at radius 1 is 1.22 bits per heavy atom. The summed E-state index contributed by atoms with van der Waals surface area (Å²) >= 11 is 1.61. The van der Waals surface area contributed by atoms with Gasteiger partial charge in [-0.3, -0.25) is 0 Å². The number of hydrogen-bond acceptors (Lipinski definition) is 3. The summed E-state index contributed by atoms with van der Waals surface area (Å²) in [6, 6.07) is 10.1. The van der Waals surface area contributed by atoms with Crippen LogP contribution in [0.1, 0.15) is 29.7 Å². The molecule has 1 N–H and O–H groups in total. The van der Waals surface area contributed by atoms with Crippen molar-refractivity contribution in [1.82, 2.24) is 4.98 Å². The number of aliphatic hydroxyl groups is 1. The Bertz CT molecular complexity index is 552. The summed E-state index contributed by atoms with van der Waals surface area (Å²) in [5, 5.41) is 10.6. The summed E-state index contributed by atoms with van der Waals surface area (Å²) in [7, 11) is 0. The van der Waals surface area contributed by atoms with Crippen LogP contribution in [0.25, 0.3) is 0 Å². The Balaban J connectivity index is 2.34. The highest BCUT2D eigenvalue weighted by Crippen LogP contribution is 2.33. The summed E-state index contributed by atoms with van der Waals surface area (Å²) in [6.07, 6.45) is 1.27. The first-order valence-electron chi connectivity index (χ1n) is 5.96. The lowest BCUT2D eigenvalue weighted by atomic mass is 10.2. The van der Waals surface area contributed by atoms with Crippen LogP contribution < -0.4 is 0 Å². The lowest BCUT2D eigenvalue weighted by Crippen LogP contribution is -1.96. The summed E-state index contributed by atoms with van der Waals surface area (Å²) in [5.74, 6) is 0. The standard InChI is InChI=1S/C15H17NOS/c1-10-6-7-14(11(2)9-10)18-15-13(12(3)17)5-4-8-16-15/h4-9,12,17H,1-3H3. The Hall–Kier alpha value is -1.32. The molecule has 1 atom stereocenters. The Morgan fingerprint density at radius 3 is 2.67 bits per heavy atom. The minimum Gasteiger partial charge on any atom is -0.389 e. The number of aromatic nitrogens is 1. The molecule has 0 bridgehead atoms. The van der Waals surface area contributed by atoms with Crippen LogP contribution in [0, 0.1) is 13.8 Å². The molecular weight excluding hydrogens is 242 g/mol. The molecule has 0 saturated carbocycles. The average Bonchev–Trinajstić information content (AvgIpc) is 2.33. The van der Waals surface area contributed by atoms with Gasteiger partial charge >= 0.3 is 0 Å². The van der Waals surface area contributed by atoms with E-state index in [0.29, 0.717) is 0 Å². The van der Waals surface area contributed by atoms with Crippen LogP contribution in [0.4, 0.5) is 0 Å². The first-order valence-corrected chi connectivity index (χ1v) is 6.77. The van der Waals surface area contributed by atoms with Crippen LogP contribution in [0.3, 0.4) is 0 Å². The van der Waals surface area contributed by atoms with Crippen LogP contribution >= 0.6 is 11.8 Å². The maximum Gasteiger partial charge on any atom is 0.107 e. The van der Waals surface area contributed by atoms with Crippen LogP contribution in [0.15, 0.2) is 46.5 Å². The van der Waals surface area contributed by atoms with E-state index in [4.69, 9.17) is 0 Å². The molecule has 1 unspecified atom stereocenters. The second-order valence-corrected chi connectivity index (χ2v) is 5.48.